The van der Waals surface area contributed by atoms with Gasteiger partial charge in [0.2, 0.25) is 0 Å². The van der Waals surface area contributed by atoms with Crippen molar-refractivity contribution in [3.63, 3.8) is 0 Å². The second-order valence-electron chi connectivity index (χ2n) is 7.01. The Morgan fingerprint density at radius 1 is 0.909 bits per heavy atom. The molecule has 0 bridgehead atoms. The minimum atomic E-state index is -0.466. The Kier molecular flexibility index (Phi) is 6.37. The van der Waals surface area contributed by atoms with Crippen LogP contribution in [0.15, 0.2) is 82.0 Å². The molecule has 7 nitrogen and oxygen atoms in total. The Bertz CT molecular complexity index is 1370. The largest absolute Gasteiger partial charge is 0.496 e. The molecule has 0 radical (unpaired) electrons. The lowest BCUT2D eigenvalue weighted by Crippen LogP contribution is -2.34. The maximum atomic E-state index is 12.7. The summed E-state index contributed by atoms with van der Waals surface area (Å²) in [5.74, 6) is 0.272. The van der Waals surface area contributed by atoms with Crippen LogP contribution in [0.5, 0.6) is 11.5 Å². The normalized spacial score (nSPS) is 10.5. The molecule has 0 aliphatic heterocycles. The molecule has 0 aliphatic carbocycles. The van der Waals surface area contributed by atoms with Crippen LogP contribution in [0.3, 0.4) is 0 Å². The van der Waals surface area contributed by atoms with Crippen molar-refractivity contribution in [1.82, 2.24) is 5.32 Å². The summed E-state index contributed by atoms with van der Waals surface area (Å²) in [5, 5.41) is 6.52. The van der Waals surface area contributed by atoms with Gasteiger partial charge in [-0.15, -0.1) is 0 Å². The van der Waals surface area contributed by atoms with E-state index >= 15 is 0 Å². The van der Waals surface area contributed by atoms with E-state index in [0.717, 1.165) is 5.39 Å². The van der Waals surface area contributed by atoms with Crippen molar-refractivity contribution in [3.8, 4) is 22.6 Å². The molecule has 0 spiro atoms. The summed E-state index contributed by atoms with van der Waals surface area (Å²) in [4.78, 5) is 25.1. The SMILES string of the molecule is COc1cccc(OC)c1C(=O)NC(=S)Nc1ccc(-c2cc3ccccc3oc2=O)cc1. The number of carbonyl (C=O) groups excluding carboxylic acids is 1. The Balaban J connectivity index is 1.49. The van der Waals surface area contributed by atoms with Crippen LogP contribution in [0.4, 0.5) is 5.69 Å². The lowest BCUT2D eigenvalue weighted by Gasteiger charge is -2.14. The van der Waals surface area contributed by atoms with Crippen LogP contribution in [-0.2, 0) is 0 Å². The number of thiocarbonyl (C=S) groups is 1. The third-order valence-electron chi connectivity index (χ3n) is 4.98. The molecule has 1 aromatic heterocycles. The topological polar surface area (TPSA) is 89.8 Å². The van der Waals surface area contributed by atoms with E-state index in [9.17, 15) is 9.59 Å². The molecule has 0 saturated heterocycles. The zero-order valence-electron chi connectivity index (χ0n) is 17.9. The predicted octanol–water partition coefficient (Wildman–Crippen LogP) is 4.60. The molecular formula is C25H20N2O5S. The van der Waals surface area contributed by atoms with Crippen molar-refractivity contribution in [2.75, 3.05) is 19.5 Å². The average Bonchev–Trinajstić information content (AvgIpc) is 2.83. The molecule has 1 heterocycles. The van der Waals surface area contributed by atoms with Gasteiger partial charge in [-0.1, -0.05) is 36.4 Å². The quantitative estimate of drug-likeness (QED) is 0.332. The van der Waals surface area contributed by atoms with Crippen LogP contribution in [0, 0.1) is 0 Å². The molecule has 0 fully saturated rings. The first-order valence-electron chi connectivity index (χ1n) is 9.97. The molecule has 2 N–H and O–H groups in total. The summed E-state index contributed by atoms with van der Waals surface area (Å²) < 4.78 is 15.9. The Hall–Kier alpha value is -4.17. The smallest absolute Gasteiger partial charge is 0.344 e. The third-order valence-corrected chi connectivity index (χ3v) is 5.18. The highest BCUT2D eigenvalue weighted by molar-refractivity contribution is 7.80. The number of methoxy groups -OCH3 is 2. The van der Waals surface area contributed by atoms with E-state index < -0.39 is 11.5 Å². The molecule has 3 aromatic carbocycles. The van der Waals surface area contributed by atoms with Gasteiger partial charge in [-0.2, -0.15) is 0 Å². The van der Waals surface area contributed by atoms with E-state index in [1.54, 1.807) is 54.6 Å². The number of hydrogen-bond acceptors (Lipinski definition) is 6. The Morgan fingerprint density at radius 3 is 2.24 bits per heavy atom. The maximum absolute atomic E-state index is 12.7. The number of carbonyl (C=O) groups is 1. The Labute approximate surface area is 195 Å². The van der Waals surface area contributed by atoms with Gasteiger partial charge in [-0.3, -0.25) is 10.1 Å². The van der Waals surface area contributed by atoms with Gasteiger partial charge in [-0.25, -0.2) is 4.79 Å². The lowest BCUT2D eigenvalue weighted by molar-refractivity contribution is 0.0971. The summed E-state index contributed by atoms with van der Waals surface area (Å²) in [6.07, 6.45) is 0. The predicted molar refractivity (Wildman–Crippen MR) is 131 cm³/mol. The van der Waals surface area contributed by atoms with Gasteiger partial charge in [0.25, 0.3) is 5.91 Å². The number of para-hydroxylation sites is 1. The van der Waals surface area contributed by atoms with Crippen LogP contribution >= 0.6 is 12.2 Å². The van der Waals surface area contributed by atoms with Gasteiger partial charge in [-0.05, 0) is 54.2 Å². The molecule has 0 aliphatic rings. The molecule has 0 unspecified atom stereocenters. The van der Waals surface area contributed by atoms with Gasteiger partial charge in [0.15, 0.2) is 5.11 Å². The lowest BCUT2D eigenvalue weighted by atomic mass is 10.1. The summed E-state index contributed by atoms with van der Waals surface area (Å²) in [7, 11) is 2.94. The van der Waals surface area contributed by atoms with E-state index in [2.05, 4.69) is 10.6 Å². The van der Waals surface area contributed by atoms with Gasteiger partial charge in [0, 0.05) is 11.1 Å². The first-order valence-corrected chi connectivity index (χ1v) is 10.4. The number of benzene rings is 3. The zero-order valence-corrected chi connectivity index (χ0v) is 18.7. The number of nitrogens with one attached hydrogen (secondary N) is 2. The minimum absolute atomic E-state index is 0.103. The second kappa shape index (κ2) is 9.54. The van der Waals surface area contributed by atoms with E-state index in [0.29, 0.717) is 33.9 Å². The minimum Gasteiger partial charge on any atom is -0.496 e. The van der Waals surface area contributed by atoms with Crippen molar-refractivity contribution in [2.24, 2.45) is 0 Å². The molecule has 33 heavy (non-hydrogen) atoms. The van der Waals surface area contributed by atoms with Crippen LogP contribution in [0.25, 0.3) is 22.1 Å². The molecular weight excluding hydrogens is 440 g/mol. The van der Waals surface area contributed by atoms with Crippen molar-refractivity contribution in [1.29, 1.82) is 0 Å². The highest BCUT2D eigenvalue weighted by Crippen LogP contribution is 2.28. The van der Waals surface area contributed by atoms with Crippen LogP contribution < -0.4 is 25.7 Å². The zero-order chi connectivity index (χ0) is 23.4. The third kappa shape index (κ3) is 4.70. The van der Waals surface area contributed by atoms with Crippen LogP contribution in [0.1, 0.15) is 10.4 Å². The molecule has 0 saturated carbocycles. The van der Waals surface area contributed by atoms with Crippen molar-refractivity contribution in [3.05, 3.63) is 88.8 Å². The molecule has 4 rings (SSSR count). The number of amides is 1. The summed E-state index contributed by atoms with van der Waals surface area (Å²) in [6.45, 7) is 0. The van der Waals surface area contributed by atoms with E-state index in [1.165, 1.54) is 14.2 Å². The fourth-order valence-electron chi connectivity index (χ4n) is 3.40. The monoisotopic (exact) mass is 460 g/mol. The molecule has 4 aromatic rings. The van der Waals surface area contributed by atoms with Gasteiger partial charge >= 0.3 is 5.63 Å². The summed E-state index contributed by atoms with van der Waals surface area (Å²) >= 11 is 5.28. The molecule has 166 valence electrons. The standard InChI is InChI=1S/C25H20N2O5S/c1-30-20-8-5-9-21(31-2)22(20)23(28)27-25(33)26-17-12-10-15(11-13-17)18-14-16-6-3-4-7-19(16)32-24(18)29/h3-14H,1-2H3,(H2,26,27,28,33). The van der Waals surface area contributed by atoms with Crippen LogP contribution in [-0.4, -0.2) is 25.2 Å². The van der Waals surface area contributed by atoms with Crippen LogP contribution in [0.2, 0.25) is 0 Å². The van der Waals surface area contributed by atoms with Gasteiger partial charge < -0.3 is 19.2 Å². The van der Waals surface area contributed by atoms with Gasteiger partial charge in [0.05, 0.1) is 19.8 Å². The number of hydrogen-bond donors (Lipinski definition) is 2. The van der Waals surface area contributed by atoms with E-state index in [-0.39, 0.29) is 10.7 Å². The fraction of sp³-hybridized carbons (Fsp3) is 0.0800. The number of ether oxygens (including phenoxy) is 2. The highest BCUT2D eigenvalue weighted by atomic mass is 32.1. The second-order valence-corrected chi connectivity index (χ2v) is 7.42. The van der Waals surface area contributed by atoms with E-state index in [1.807, 2.05) is 18.2 Å². The summed E-state index contributed by atoms with van der Waals surface area (Å²) in [5.41, 5.74) is 2.17. The average molecular weight is 461 g/mol. The molecule has 1 amide bonds. The van der Waals surface area contributed by atoms with Crippen molar-refractivity contribution >= 4 is 39.9 Å². The first-order chi connectivity index (χ1) is 16.0. The number of fused-ring (bicyclic) bond motifs is 1. The number of rotatable bonds is 5. The maximum Gasteiger partial charge on any atom is 0.344 e. The molecule has 8 heteroatoms. The first kappa shape index (κ1) is 22.0. The van der Waals surface area contributed by atoms with Crippen molar-refractivity contribution in [2.45, 2.75) is 0 Å². The number of anilines is 1. The van der Waals surface area contributed by atoms with Gasteiger partial charge in [0.1, 0.15) is 22.6 Å². The fourth-order valence-corrected chi connectivity index (χ4v) is 3.61. The van der Waals surface area contributed by atoms with Crippen molar-refractivity contribution < 1.29 is 18.7 Å². The Morgan fingerprint density at radius 2 is 1.58 bits per heavy atom. The highest BCUT2D eigenvalue weighted by Gasteiger charge is 2.19. The summed E-state index contributed by atoms with van der Waals surface area (Å²) in [6, 6.07) is 21.3. The molecule has 0 atom stereocenters. The van der Waals surface area contributed by atoms with E-state index in [4.69, 9.17) is 26.1 Å².